The zero-order valence-electron chi connectivity index (χ0n) is 20.2. The summed E-state index contributed by atoms with van der Waals surface area (Å²) in [5.74, 6) is 2.59. The number of anilines is 3. The van der Waals surface area contributed by atoms with Crippen LogP contribution in [0.25, 0.3) is 0 Å². The number of aromatic nitrogens is 4. The number of H-pyrrole nitrogens is 1. The van der Waals surface area contributed by atoms with Crippen molar-refractivity contribution in [3.63, 3.8) is 0 Å². The van der Waals surface area contributed by atoms with Crippen molar-refractivity contribution in [2.75, 3.05) is 49.6 Å². The Kier molecular flexibility index (Phi) is 7.31. The highest BCUT2D eigenvalue weighted by molar-refractivity contribution is 7.99. The first-order chi connectivity index (χ1) is 17.1. The third kappa shape index (κ3) is 6.01. The molecule has 0 saturated carbocycles. The molecule has 0 amide bonds. The van der Waals surface area contributed by atoms with Gasteiger partial charge in [0.15, 0.2) is 11.0 Å². The van der Waals surface area contributed by atoms with E-state index >= 15 is 0 Å². The van der Waals surface area contributed by atoms with Crippen LogP contribution in [0.2, 0.25) is 0 Å². The maximum absolute atomic E-state index is 11.8. The predicted octanol–water partition coefficient (Wildman–Crippen LogP) is 3.45. The van der Waals surface area contributed by atoms with E-state index in [0.29, 0.717) is 29.9 Å². The Morgan fingerprint density at radius 3 is 2.60 bits per heavy atom. The van der Waals surface area contributed by atoms with Crippen LogP contribution in [0, 0.1) is 6.92 Å². The molecule has 0 bridgehead atoms. The molecule has 2 saturated heterocycles. The Morgan fingerprint density at radius 1 is 1.14 bits per heavy atom. The van der Waals surface area contributed by atoms with Crippen molar-refractivity contribution >= 4 is 35.0 Å². The number of hydrogen-bond donors (Lipinski definition) is 2. The zero-order valence-corrected chi connectivity index (χ0v) is 21.0. The molecule has 10 heteroatoms. The molecular weight excluding hydrogens is 462 g/mol. The number of hydrogen-bond acceptors (Lipinski definition) is 9. The first-order valence-corrected chi connectivity index (χ1v) is 12.9. The number of rotatable bonds is 9. The van der Waals surface area contributed by atoms with Crippen molar-refractivity contribution in [1.82, 2.24) is 25.1 Å². The lowest BCUT2D eigenvalue weighted by molar-refractivity contribution is -0.118. The first kappa shape index (κ1) is 23.8. The van der Waals surface area contributed by atoms with Gasteiger partial charge in [0.2, 0.25) is 0 Å². The molecule has 0 radical (unpaired) electrons. The summed E-state index contributed by atoms with van der Waals surface area (Å²) in [5, 5.41) is 11.2. The Balaban J connectivity index is 1.32. The van der Waals surface area contributed by atoms with E-state index in [1.807, 2.05) is 50.2 Å². The number of morpholine rings is 1. The molecular formula is C25H31N7O2S. The molecule has 0 atom stereocenters. The second kappa shape index (κ2) is 10.8. The van der Waals surface area contributed by atoms with Gasteiger partial charge in [0.25, 0.3) is 0 Å². The summed E-state index contributed by atoms with van der Waals surface area (Å²) in [5.41, 5.74) is 2.01. The van der Waals surface area contributed by atoms with Crippen LogP contribution in [0.5, 0.6) is 0 Å². The Morgan fingerprint density at radius 2 is 1.91 bits per heavy atom. The van der Waals surface area contributed by atoms with E-state index in [-0.39, 0.29) is 5.78 Å². The number of nitrogens with zero attached hydrogens (tertiary/aromatic N) is 5. The normalized spacial score (nSPS) is 16.8. The molecule has 4 heterocycles. The molecule has 2 aliphatic heterocycles. The van der Waals surface area contributed by atoms with Gasteiger partial charge >= 0.3 is 0 Å². The van der Waals surface area contributed by atoms with Gasteiger partial charge in [0.1, 0.15) is 17.4 Å². The molecule has 9 nitrogen and oxygen atoms in total. The number of ketones is 1. The number of aromatic amines is 1. The number of carbonyl (C=O) groups is 1. The SMILES string of the molecule is CCC(=O)Cc1ccc(Sc2nc(Nc3cc(C)[nH]n3)cc(N3CC(N4CCOCC4)C3)n2)cc1. The van der Waals surface area contributed by atoms with E-state index in [1.54, 1.807) is 0 Å². The van der Waals surface area contributed by atoms with Crippen molar-refractivity contribution < 1.29 is 9.53 Å². The van der Waals surface area contributed by atoms with E-state index in [1.165, 1.54) is 11.8 Å². The van der Waals surface area contributed by atoms with Gasteiger partial charge in [-0.1, -0.05) is 19.1 Å². The van der Waals surface area contributed by atoms with Gasteiger partial charge in [0, 0.05) is 67.8 Å². The fraction of sp³-hybridized carbons (Fsp3) is 0.440. The zero-order chi connectivity index (χ0) is 24.2. The summed E-state index contributed by atoms with van der Waals surface area (Å²) < 4.78 is 5.50. The molecule has 1 aromatic carbocycles. The molecule has 2 N–H and O–H groups in total. The lowest BCUT2D eigenvalue weighted by Crippen LogP contribution is -2.61. The summed E-state index contributed by atoms with van der Waals surface area (Å²) in [6.45, 7) is 9.37. The fourth-order valence-corrected chi connectivity index (χ4v) is 5.01. The van der Waals surface area contributed by atoms with Crippen molar-refractivity contribution in [2.24, 2.45) is 0 Å². The largest absolute Gasteiger partial charge is 0.379 e. The highest BCUT2D eigenvalue weighted by Gasteiger charge is 2.33. The van der Waals surface area contributed by atoms with Gasteiger partial charge in [-0.2, -0.15) is 5.10 Å². The van der Waals surface area contributed by atoms with Crippen LogP contribution >= 0.6 is 11.8 Å². The van der Waals surface area contributed by atoms with Crippen molar-refractivity contribution in [3.05, 3.63) is 47.7 Å². The number of ether oxygens (including phenoxy) is 1. The monoisotopic (exact) mass is 493 g/mol. The maximum Gasteiger partial charge on any atom is 0.196 e. The summed E-state index contributed by atoms with van der Waals surface area (Å²) in [4.78, 5) is 27.2. The Labute approximate surface area is 209 Å². The van der Waals surface area contributed by atoms with Crippen LogP contribution in [0.1, 0.15) is 24.6 Å². The minimum absolute atomic E-state index is 0.246. The van der Waals surface area contributed by atoms with Gasteiger partial charge in [-0.3, -0.25) is 14.8 Å². The third-order valence-corrected chi connectivity index (χ3v) is 7.20. The van der Waals surface area contributed by atoms with Gasteiger partial charge in [-0.15, -0.1) is 0 Å². The fourth-order valence-electron chi connectivity index (χ4n) is 4.25. The molecule has 3 aromatic rings. The second-order valence-electron chi connectivity index (χ2n) is 8.98. The van der Waals surface area contributed by atoms with Gasteiger partial charge < -0.3 is 15.0 Å². The number of nitrogens with one attached hydrogen (secondary N) is 2. The van der Waals surface area contributed by atoms with Crippen molar-refractivity contribution in [1.29, 1.82) is 0 Å². The summed E-state index contributed by atoms with van der Waals surface area (Å²) in [6, 6.07) is 12.5. The number of Topliss-reactive ketones (excluding diaryl/α,β-unsaturated/α-hetero) is 1. The maximum atomic E-state index is 11.8. The van der Waals surface area contributed by atoms with Gasteiger partial charge in [-0.05, 0) is 36.4 Å². The molecule has 2 aromatic heterocycles. The standard InChI is InChI=1S/C25H31N7O2S/c1-3-20(33)13-18-4-6-21(7-5-18)35-25-27-22(26-23-12-17(2)29-30-23)14-24(28-25)32-15-19(16-32)31-8-10-34-11-9-31/h4-7,12,14,19H,3,8-11,13,15-16H2,1-2H3,(H2,26,27,28,29,30). The summed E-state index contributed by atoms with van der Waals surface area (Å²) in [7, 11) is 0. The molecule has 0 aliphatic carbocycles. The Hall–Kier alpha value is -2.95. The minimum atomic E-state index is 0.246. The summed E-state index contributed by atoms with van der Waals surface area (Å²) >= 11 is 1.52. The second-order valence-corrected chi connectivity index (χ2v) is 10.0. The molecule has 0 spiro atoms. The Bertz CT molecular complexity index is 1150. The average molecular weight is 494 g/mol. The van der Waals surface area contributed by atoms with E-state index in [0.717, 1.165) is 67.2 Å². The van der Waals surface area contributed by atoms with Crippen LogP contribution in [-0.2, 0) is 16.0 Å². The van der Waals surface area contributed by atoms with E-state index in [9.17, 15) is 4.79 Å². The van der Waals surface area contributed by atoms with E-state index in [2.05, 4.69) is 25.3 Å². The number of carbonyl (C=O) groups excluding carboxylic acids is 1. The smallest absolute Gasteiger partial charge is 0.196 e. The average Bonchev–Trinajstić information content (AvgIpc) is 3.24. The molecule has 2 fully saturated rings. The van der Waals surface area contributed by atoms with Crippen molar-refractivity contribution in [2.45, 2.75) is 42.8 Å². The number of benzene rings is 1. The quantitative estimate of drug-likeness (QED) is 0.434. The number of aryl methyl sites for hydroxylation is 1. The van der Waals surface area contributed by atoms with Crippen LogP contribution in [-0.4, -0.2) is 76.3 Å². The lowest BCUT2D eigenvalue weighted by atomic mass is 10.1. The summed E-state index contributed by atoms with van der Waals surface area (Å²) in [6.07, 6.45) is 1.04. The van der Waals surface area contributed by atoms with Crippen LogP contribution in [0.4, 0.5) is 17.5 Å². The molecule has 5 rings (SSSR count). The third-order valence-electron chi connectivity index (χ3n) is 6.33. The predicted molar refractivity (Wildman–Crippen MR) is 137 cm³/mol. The van der Waals surface area contributed by atoms with E-state index < -0.39 is 0 Å². The lowest BCUT2D eigenvalue weighted by Gasteiger charge is -2.47. The van der Waals surface area contributed by atoms with Crippen LogP contribution < -0.4 is 10.2 Å². The van der Waals surface area contributed by atoms with E-state index in [4.69, 9.17) is 14.7 Å². The van der Waals surface area contributed by atoms with Gasteiger partial charge in [-0.25, -0.2) is 9.97 Å². The molecule has 0 unspecified atom stereocenters. The van der Waals surface area contributed by atoms with Gasteiger partial charge in [0.05, 0.1) is 13.2 Å². The molecule has 35 heavy (non-hydrogen) atoms. The minimum Gasteiger partial charge on any atom is -0.379 e. The highest BCUT2D eigenvalue weighted by Crippen LogP contribution is 2.31. The topological polar surface area (TPSA) is 99.3 Å². The van der Waals surface area contributed by atoms with Crippen LogP contribution in [0.3, 0.4) is 0 Å². The first-order valence-electron chi connectivity index (χ1n) is 12.1. The molecule has 2 aliphatic rings. The van der Waals surface area contributed by atoms with Crippen LogP contribution in [0.15, 0.2) is 46.5 Å². The molecule has 184 valence electrons. The highest BCUT2D eigenvalue weighted by atomic mass is 32.2. The van der Waals surface area contributed by atoms with Crippen molar-refractivity contribution in [3.8, 4) is 0 Å².